The number of hydrogen-bond acceptors (Lipinski definition) is 5. The molecule has 11 nitrogen and oxygen atoms in total. The third-order valence-electron chi connectivity index (χ3n) is 4.85. The van der Waals surface area contributed by atoms with E-state index in [0.29, 0.717) is 13.1 Å². The molecule has 2 aromatic carbocycles. The average molecular weight is 724 g/mol. The van der Waals surface area contributed by atoms with Crippen molar-refractivity contribution in [2.24, 2.45) is 0 Å². The first-order chi connectivity index (χ1) is 20.3. The van der Waals surface area contributed by atoms with Gasteiger partial charge in [-0.3, -0.25) is 20.2 Å². The monoisotopic (exact) mass is 724 g/mol. The Labute approximate surface area is 247 Å². The second-order valence-corrected chi connectivity index (χ2v) is 12.9. The van der Waals surface area contributed by atoms with E-state index in [1.807, 2.05) is 0 Å². The SMILES string of the molecule is F[P-](F)(F)(F)(F)F.F[P-](F)(F)(F)(F)F.O=C(n1cc[n+](Cc2ccc([N+](=O)[O-])cc2)c1)n1cc[n+](Cc2ccc([N+](=O)[O-])cc2)c1. The number of carbonyl (C=O) groups is 1. The number of aromatic nitrogens is 4. The number of carbonyl (C=O) groups excluding carboxylic acids is 1. The Morgan fingerprint density at radius 3 is 1.09 bits per heavy atom. The van der Waals surface area contributed by atoms with Gasteiger partial charge >= 0.3 is 72.0 Å². The smallest absolute Gasteiger partial charge is 0.258 e. The molecule has 0 aliphatic rings. The standard InChI is InChI=1S/C21H18N6O5.2F6P/c28-21(24-11-9-22(15-24)13-17-1-5-19(6-2-17)26(29)30)25-12-10-23(16-25)14-18-3-7-20(8-4-18)27(31)32;2*1-7(2,3,4,5)6/h1-12,15-16H,13-14H2;;/q+2;2*-1. The van der Waals surface area contributed by atoms with Crippen LogP contribution in [0.2, 0.25) is 0 Å². The van der Waals surface area contributed by atoms with Crippen LogP contribution in [0.3, 0.4) is 0 Å². The summed E-state index contributed by atoms with van der Waals surface area (Å²) in [6.45, 7) is 0.925. The van der Waals surface area contributed by atoms with Crippen LogP contribution < -0.4 is 9.13 Å². The van der Waals surface area contributed by atoms with Gasteiger partial charge in [0.2, 0.25) is 0 Å². The molecule has 0 amide bonds. The van der Waals surface area contributed by atoms with Crippen molar-refractivity contribution in [3.63, 3.8) is 0 Å². The maximum Gasteiger partial charge on any atom is 0.513 e. The van der Waals surface area contributed by atoms with Gasteiger partial charge in [0, 0.05) is 24.3 Å². The summed E-state index contributed by atoms with van der Waals surface area (Å²) in [6, 6.07) is 12.2. The number of imidazole rings is 2. The Bertz CT molecular complexity index is 1590. The molecule has 0 aliphatic heterocycles. The zero-order chi connectivity index (χ0) is 35.5. The molecule has 4 aromatic rings. The van der Waals surface area contributed by atoms with Crippen molar-refractivity contribution >= 4 is 33.0 Å². The van der Waals surface area contributed by atoms with Crippen molar-refractivity contribution in [3.8, 4) is 0 Å². The first kappa shape index (κ1) is 37.5. The molecule has 0 aliphatic carbocycles. The van der Waals surface area contributed by atoms with Crippen LogP contribution in [-0.2, 0) is 13.1 Å². The summed E-state index contributed by atoms with van der Waals surface area (Å²) in [7, 11) is -21.3. The second kappa shape index (κ2) is 11.3. The molecule has 46 heavy (non-hydrogen) atoms. The summed E-state index contributed by atoms with van der Waals surface area (Å²) in [5.74, 6) is 0. The fraction of sp³-hybridized carbons (Fsp3) is 0.0952. The van der Waals surface area contributed by atoms with Gasteiger partial charge in [0.05, 0.1) is 9.85 Å². The first-order valence-corrected chi connectivity index (χ1v) is 15.6. The molecule has 2 heterocycles. The van der Waals surface area contributed by atoms with E-state index < -0.39 is 25.5 Å². The fourth-order valence-electron chi connectivity index (χ4n) is 3.20. The maximum atomic E-state index is 12.8. The first-order valence-electron chi connectivity index (χ1n) is 11.6. The van der Waals surface area contributed by atoms with Gasteiger partial charge in [0.25, 0.3) is 24.0 Å². The Hall–Kier alpha value is -4.65. The number of rotatable bonds is 6. The third kappa shape index (κ3) is 17.6. The van der Waals surface area contributed by atoms with E-state index in [-0.39, 0.29) is 17.4 Å². The van der Waals surface area contributed by atoms with Crippen molar-refractivity contribution in [1.82, 2.24) is 9.13 Å². The third-order valence-corrected chi connectivity index (χ3v) is 4.85. The number of benzene rings is 2. The van der Waals surface area contributed by atoms with Crippen molar-refractivity contribution < 1.29 is 74.1 Å². The second-order valence-electron chi connectivity index (χ2n) is 9.03. The molecule has 256 valence electrons. The molecular weight excluding hydrogens is 706 g/mol. The van der Waals surface area contributed by atoms with E-state index in [1.54, 1.807) is 70.8 Å². The summed E-state index contributed by atoms with van der Waals surface area (Å²) in [4.78, 5) is 33.4. The van der Waals surface area contributed by atoms with E-state index in [1.165, 1.54) is 33.4 Å². The van der Waals surface area contributed by atoms with Crippen LogP contribution in [0.5, 0.6) is 0 Å². The van der Waals surface area contributed by atoms with Gasteiger partial charge in [-0.1, -0.05) is 0 Å². The van der Waals surface area contributed by atoms with Crippen LogP contribution in [0, 0.1) is 20.2 Å². The number of halogens is 12. The van der Waals surface area contributed by atoms with E-state index in [4.69, 9.17) is 0 Å². The molecule has 0 bridgehead atoms. The molecule has 0 unspecified atom stereocenters. The van der Waals surface area contributed by atoms with Crippen molar-refractivity contribution in [1.29, 1.82) is 0 Å². The van der Waals surface area contributed by atoms with Crippen LogP contribution in [-0.4, -0.2) is 25.0 Å². The number of non-ortho nitro benzene ring substituents is 2. The Kier molecular flexibility index (Phi) is 9.22. The van der Waals surface area contributed by atoms with Crippen LogP contribution in [0.15, 0.2) is 86.0 Å². The molecule has 0 spiro atoms. The summed E-state index contributed by atoms with van der Waals surface area (Å²) in [6.07, 6.45) is 10.0. The molecule has 25 heteroatoms. The average Bonchev–Trinajstić information content (AvgIpc) is 3.50. The van der Waals surface area contributed by atoms with E-state index >= 15 is 0 Å². The Balaban J connectivity index is 0.000000440. The predicted octanol–water partition coefficient (Wildman–Crippen LogP) is 9.06. The zero-order valence-corrected chi connectivity index (χ0v) is 23.9. The van der Waals surface area contributed by atoms with Crippen molar-refractivity contribution in [3.05, 3.63) is 117 Å². The van der Waals surface area contributed by atoms with Crippen molar-refractivity contribution in [2.75, 3.05) is 0 Å². The van der Waals surface area contributed by atoms with Gasteiger partial charge in [0.15, 0.2) is 0 Å². The topological polar surface area (TPSA) is 121 Å². The van der Waals surface area contributed by atoms with Gasteiger partial charge in [-0.15, -0.1) is 9.13 Å². The minimum atomic E-state index is -10.7. The number of nitrogens with zero attached hydrogens (tertiary/aromatic N) is 6. The summed E-state index contributed by atoms with van der Waals surface area (Å²) >= 11 is 0. The van der Waals surface area contributed by atoms with Crippen LogP contribution in [0.4, 0.5) is 66.5 Å². The molecule has 0 fully saturated rings. The quantitative estimate of drug-likeness (QED) is 0.0646. The molecule has 0 radical (unpaired) electrons. The van der Waals surface area contributed by atoms with E-state index in [0.717, 1.165) is 11.1 Å². The van der Waals surface area contributed by atoms with Crippen LogP contribution >= 0.6 is 15.6 Å². The van der Waals surface area contributed by atoms with Crippen molar-refractivity contribution in [2.45, 2.75) is 13.1 Å². The molecule has 0 atom stereocenters. The fourth-order valence-corrected chi connectivity index (χ4v) is 3.20. The molecular formula is C21H18F12N6O5P2. The predicted molar refractivity (Wildman–Crippen MR) is 137 cm³/mol. The molecule has 0 saturated heterocycles. The molecule has 2 aromatic heterocycles. The molecule has 0 saturated carbocycles. The number of nitro groups is 2. The van der Waals surface area contributed by atoms with Gasteiger partial charge in [-0.25, -0.2) is 9.13 Å². The normalized spacial score (nSPS) is 14.5. The Morgan fingerprint density at radius 2 is 0.848 bits per heavy atom. The van der Waals surface area contributed by atoms with Gasteiger partial charge in [-0.05, 0) is 35.4 Å². The minimum Gasteiger partial charge on any atom is -0.258 e. The summed E-state index contributed by atoms with van der Waals surface area (Å²) in [5, 5.41) is 21.5. The largest absolute Gasteiger partial charge is 0.513 e. The maximum absolute atomic E-state index is 12.8. The van der Waals surface area contributed by atoms with Gasteiger partial charge in [0.1, 0.15) is 37.9 Å². The Morgan fingerprint density at radius 1 is 0.587 bits per heavy atom. The van der Waals surface area contributed by atoms with E-state index in [2.05, 4.69) is 0 Å². The summed E-state index contributed by atoms with van der Waals surface area (Å²) < 4.78 is 125. The minimum absolute atomic E-state index is 0.0288. The molecule has 4 rings (SSSR count). The number of hydrogen-bond donors (Lipinski definition) is 0. The van der Waals surface area contributed by atoms with Gasteiger partial charge in [-0.2, -0.15) is 4.79 Å². The summed E-state index contributed by atoms with van der Waals surface area (Å²) in [5.41, 5.74) is 1.79. The van der Waals surface area contributed by atoms with E-state index in [9.17, 15) is 75.4 Å². The van der Waals surface area contributed by atoms with Crippen LogP contribution in [0.25, 0.3) is 0 Å². The number of nitro benzene ring substituents is 2. The van der Waals surface area contributed by atoms with Crippen LogP contribution in [0.1, 0.15) is 11.1 Å². The zero-order valence-electron chi connectivity index (χ0n) is 22.2. The van der Waals surface area contributed by atoms with Gasteiger partial charge < -0.3 is 0 Å². The molecule has 0 N–H and O–H groups in total.